The van der Waals surface area contributed by atoms with Crippen LogP contribution in [0.1, 0.15) is 42.1 Å². The molecule has 1 aromatic rings. The molecule has 126 valence electrons. The van der Waals surface area contributed by atoms with Gasteiger partial charge in [0, 0.05) is 13.1 Å². The van der Waals surface area contributed by atoms with Gasteiger partial charge in [-0.25, -0.2) is 0 Å². The Balaban J connectivity index is 2.32. The van der Waals surface area contributed by atoms with Crippen LogP contribution in [0.4, 0.5) is 0 Å². The molecule has 1 aromatic carbocycles. The molecule has 6 nitrogen and oxygen atoms in total. The Kier molecular flexibility index (Phi) is 4.94. The topological polar surface area (TPSA) is 98.1 Å². The molecule has 1 fully saturated rings. The van der Waals surface area contributed by atoms with Crippen LogP contribution in [0.15, 0.2) is 18.2 Å². The predicted molar refractivity (Wildman–Crippen MR) is 84.3 cm³/mol. The van der Waals surface area contributed by atoms with Gasteiger partial charge in [-0.1, -0.05) is 25.5 Å². The largest absolute Gasteiger partial charge is 0.507 e. The maximum absolute atomic E-state index is 12.7. The number of aromatic hydroxyl groups is 1. The summed E-state index contributed by atoms with van der Waals surface area (Å²) in [6.45, 7) is 3.77. The number of rotatable bonds is 4. The van der Waals surface area contributed by atoms with Crippen molar-refractivity contribution in [1.82, 2.24) is 4.90 Å². The van der Waals surface area contributed by atoms with E-state index < -0.39 is 23.4 Å². The summed E-state index contributed by atoms with van der Waals surface area (Å²) in [4.78, 5) is 25.9. The van der Waals surface area contributed by atoms with E-state index in [1.807, 2.05) is 6.92 Å². The second kappa shape index (κ2) is 6.58. The number of carboxylic acids is 1. The lowest BCUT2D eigenvalue weighted by molar-refractivity contribution is -0.162. The Morgan fingerprint density at radius 3 is 2.70 bits per heavy atom. The van der Waals surface area contributed by atoms with Crippen molar-refractivity contribution in [2.45, 2.75) is 39.2 Å². The molecule has 2 rings (SSSR count). The van der Waals surface area contributed by atoms with Crippen molar-refractivity contribution in [1.29, 1.82) is 0 Å². The van der Waals surface area contributed by atoms with Crippen LogP contribution in [0.5, 0.6) is 5.75 Å². The van der Waals surface area contributed by atoms with Gasteiger partial charge in [-0.3, -0.25) is 9.59 Å². The minimum Gasteiger partial charge on any atom is -0.507 e. The van der Waals surface area contributed by atoms with Gasteiger partial charge >= 0.3 is 5.97 Å². The number of phenols is 1. The van der Waals surface area contributed by atoms with E-state index in [0.29, 0.717) is 18.4 Å². The number of carbonyl (C=O) groups is 2. The summed E-state index contributed by atoms with van der Waals surface area (Å²) in [6.07, 6.45) is 0.133. The first-order valence-corrected chi connectivity index (χ1v) is 7.82. The van der Waals surface area contributed by atoms with Gasteiger partial charge in [-0.2, -0.15) is 0 Å². The summed E-state index contributed by atoms with van der Waals surface area (Å²) in [5.41, 5.74) is -0.592. The molecule has 1 aliphatic rings. The third-order valence-electron chi connectivity index (χ3n) is 4.66. The molecular formula is C17H23NO5. The highest BCUT2D eigenvalue weighted by Crippen LogP contribution is 2.36. The van der Waals surface area contributed by atoms with Crippen molar-refractivity contribution in [3.05, 3.63) is 29.3 Å². The molecule has 0 bridgehead atoms. The van der Waals surface area contributed by atoms with E-state index in [1.54, 1.807) is 19.1 Å². The van der Waals surface area contributed by atoms with E-state index in [0.717, 1.165) is 0 Å². The lowest BCUT2D eigenvalue weighted by Crippen LogP contribution is -2.57. The second-order valence-electron chi connectivity index (χ2n) is 6.21. The Bertz CT molecular complexity index is 615. The van der Waals surface area contributed by atoms with Crippen LogP contribution in [-0.4, -0.2) is 51.3 Å². The number of piperidine rings is 1. The van der Waals surface area contributed by atoms with Gasteiger partial charge in [0.25, 0.3) is 5.91 Å². The highest BCUT2D eigenvalue weighted by Gasteiger charge is 2.49. The number of likely N-dealkylation sites (tertiary alicyclic amines) is 1. The molecule has 0 aromatic heterocycles. The number of carbonyl (C=O) groups excluding carboxylic acids is 1. The Morgan fingerprint density at radius 1 is 1.39 bits per heavy atom. The summed E-state index contributed by atoms with van der Waals surface area (Å²) in [5.74, 6) is -1.57. The minimum absolute atomic E-state index is 0.0520. The first-order chi connectivity index (χ1) is 10.8. The molecule has 0 unspecified atom stereocenters. The molecule has 1 aliphatic heterocycles. The second-order valence-corrected chi connectivity index (χ2v) is 6.21. The molecule has 0 radical (unpaired) electrons. The van der Waals surface area contributed by atoms with Gasteiger partial charge in [-0.05, 0) is 31.4 Å². The van der Waals surface area contributed by atoms with Crippen molar-refractivity contribution < 1.29 is 24.9 Å². The molecule has 1 amide bonds. The van der Waals surface area contributed by atoms with Crippen molar-refractivity contribution >= 4 is 11.9 Å². The van der Waals surface area contributed by atoms with E-state index in [4.69, 9.17) is 0 Å². The fourth-order valence-corrected chi connectivity index (χ4v) is 3.26. The molecule has 23 heavy (non-hydrogen) atoms. The van der Waals surface area contributed by atoms with Crippen LogP contribution in [0.2, 0.25) is 0 Å². The zero-order valence-electron chi connectivity index (χ0n) is 13.5. The van der Waals surface area contributed by atoms with Crippen molar-refractivity contribution in [2.75, 3.05) is 13.1 Å². The zero-order chi connectivity index (χ0) is 17.2. The quantitative estimate of drug-likeness (QED) is 0.785. The Labute approximate surface area is 135 Å². The number of hydrogen-bond acceptors (Lipinski definition) is 4. The van der Waals surface area contributed by atoms with E-state index in [2.05, 4.69) is 0 Å². The van der Waals surface area contributed by atoms with Crippen LogP contribution in [0.3, 0.4) is 0 Å². The zero-order valence-corrected chi connectivity index (χ0v) is 13.5. The number of aliphatic carboxylic acids is 1. The average Bonchev–Trinajstić information content (AvgIpc) is 2.51. The fourth-order valence-electron chi connectivity index (χ4n) is 3.26. The van der Waals surface area contributed by atoms with E-state index >= 15 is 0 Å². The molecule has 1 saturated heterocycles. The monoisotopic (exact) mass is 321 g/mol. The maximum atomic E-state index is 12.7. The fraction of sp³-hybridized carbons (Fsp3) is 0.529. The summed E-state index contributed by atoms with van der Waals surface area (Å²) in [7, 11) is 0. The molecule has 6 heteroatoms. The number of nitrogens with zero attached hydrogens (tertiary/aromatic N) is 1. The third kappa shape index (κ3) is 3.03. The number of hydrogen-bond donors (Lipinski definition) is 3. The van der Waals surface area contributed by atoms with Crippen molar-refractivity contribution in [3.63, 3.8) is 0 Å². The Morgan fingerprint density at radius 2 is 2.09 bits per heavy atom. The van der Waals surface area contributed by atoms with Crippen LogP contribution >= 0.6 is 0 Å². The predicted octanol–water partition coefficient (Wildman–Crippen LogP) is 1.78. The van der Waals surface area contributed by atoms with E-state index in [9.17, 15) is 24.9 Å². The SMILES string of the molecule is CCC[C@@]1(C(=O)O)CN(C(=O)c2cccc(C)c2O)CC[C@H]1O. The number of carboxylic acid groups (broad SMARTS) is 1. The number of aliphatic hydroxyl groups excluding tert-OH is 1. The molecule has 1 heterocycles. The number of phenolic OH excluding ortho intramolecular Hbond substituents is 1. The van der Waals surface area contributed by atoms with Gasteiger partial charge in [0.05, 0.1) is 11.7 Å². The number of aliphatic hydroxyl groups is 1. The van der Waals surface area contributed by atoms with Gasteiger partial charge in [0.2, 0.25) is 0 Å². The number of para-hydroxylation sites is 1. The van der Waals surface area contributed by atoms with Crippen LogP contribution in [0.25, 0.3) is 0 Å². The van der Waals surface area contributed by atoms with Gasteiger partial charge in [0.1, 0.15) is 11.2 Å². The summed E-state index contributed by atoms with van der Waals surface area (Å²) < 4.78 is 0. The highest BCUT2D eigenvalue weighted by atomic mass is 16.4. The molecule has 2 atom stereocenters. The van der Waals surface area contributed by atoms with Crippen LogP contribution in [0, 0.1) is 12.3 Å². The standard InChI is InChI=1S/C17H23NO5/c1-3-8-17(16(22)23)10-18(9-7-13(17)19)15(21)12-6-4-5-11(2)14(12)20/h4-6,13,19-20H,3,7-10H2,1-2H3,(H,22,23)/t13-,17-/m1/s1. The minimum atomic E-state index is -1.35. The van der Waals surface area contributed by atoms with Crippen molar-refractivity contribution in [3.8, 4) is 5.75 Å². The molecule has 0 spiro atoms. The number of benzene rings is 1. The number of aryl methyl sites for hydroxylation is 1. The molecule has 0 saturated carbocycles. The van der Waals surface area contributed by atoms with Gasteiger partial charge in [-0.15, -0.1) is 0 Å². The normalized spacial score (nSPS) is 24.5. The highest BCUT2D eigenvalue weighted by molar-refractivity contribution is 5.97. The molecule has 0 aliphatic carbocycles. The first kappa shape index (κ1) is 17.3. The van der Waals surface area contributed by atoms with Crippen LogP contribution in [-0.2, 0) is 4.79 Å². The van der Waals surface area contributed by atoms with E-state index in [1.165, 1.54) is 11.0 Å². The summed E-state index contributed by atoms with van der Waals surface area (Å²) in [6, 6.07) is 4.90. The summed E-state index contributed by atoms with van der Waals surface area (Å²) >= 11 is 0. The summed E-state index contributed by atoms with van der Waals surface area (Å²) in [5, 5.41) is 29.9. The maximum Gasteiger partial charge on any atom is 0.314 e. The van der Waals surface area contributed by atoms with Crippen molar-refractivity contribution in [2.24, 2.45) is 5.41 Å². The van der Waals surface area contributed by atoms with E-state index in [-0.39, 0.29) is 30.8 Å². The molecule has 3 N–H and O–H groups in total. The van der Waals surface area contributed by atoms with Crippen LogP contribution < -0.4 is 0 Å². The average molecular weight is 321 g/mol. The number of amides is 1. The Hall–Kier alpha value is -2.08. The smallest absolute Gasteiger partial charge is 0.314 e. The van der Waals surface area contributed by atoms with Gasteiger partial charge < -0.3 is 20.2 Å². The lowest BCUT2D eigenvalue weighted by Gasteiger charge is -2.43. The molecular weight excluding hydrogens is 298 g/mol. The van der Waals surface area contributed by atoms with Gasteiger partial charge in [0.15, 0.2) is 0 Å². The lowest BCUT2D eigenvalue weighted by atomic mass is 9.74. The third-order valence-corrected chi connectivity index (χ3v) is 4.66. The first-order valence-electron chi connectivity index (χ1n) is 7.82.